The van der Waals surface area contributed by atoms with Crippen molar-refractivity contribution in [3.63, 3.8) is 0 Å². The molecule has 34 heavy (non-hydrogen) atoms. The first-order valence-corrected chi connectivity index (χ1v) is 11.7. The number of carbonyl (C=O) groups is 1. The lowest BCUT2D eigenvalue weighted by molar-refractivity contribution is -0.120. The van der Waals surface area contributed by atoms with Gasteiger partial charge in [-0.3, -0.25) is 9.69 Å². The number of halogens is 2. The van der Waals surface area contributed by atoms with Gasteiger partial charge in [-0.15, -0.1) is 0 Å². The van der Waals surface area contributed by atoms with E-state index in [-0.39, 0.29) is 24.0 Å². The standard InChI is InChI=1S/C27H31F2N3O2/c1-18(2)12-23(33)16-32-17-25(30-27(32)21-8-9-24(29)26(13-21)34-3)20-6-4-19(5-7-20)10-11-31-14-22(28)15-31/h4-9,13,17-18,22H,10-12,14-16H2,1-3H3. The summed E-state index contributed by atoms with van der Waals surface area (Å²) in [6.45, 7) is 6.14. The fourth-order valence-corrected chi connectivity index (χ4v) is 4.23. The summed E-state index contributed by atoms with van der Waals surface area (Å²) in [4.78, 5) is 19.5. The minimum Gasteiger partial charge on any atom is -0.494 e. The minimum absolute atomic E-state index is 0.117. The van der Waals surface area contributed by atoms with Gasteiger partial charge < -0.3 is 9.30 Å². The lowest BCUT2D eigenvalue weighted by atomic mass is 10.1. The second kappa shape index (κ2) is 10.5. The molecule has 2 heterocycles. The van der Waals surface area contributed by atoms with Gasteiger partial charge in [-0.2, -0.15) is 0 Å². The highest BCUT2D eigenvalue weighted by molar-refractivity contribution is 5.79. The molecule has 7 heteroatoms. The Morgan fingerprint density at radius 2 is 1.85 bits per heavy atom. The molecule has 1 aromatic heterocycles. The van der Waals surface area contributed by atoms with Crippen molar-refractivity contribution < 1.29 is 18.3 Å². The number of hydrogen-bond donors (Lipinski definition) is 0. The number of nitrogens with zero attached hydrogens (tertiary/aromatic N) is 3. The molecule has 0 N–H and O–H groups in total. The van der Waals surface area contributed by atoms with E-state index < -0.39 is 12.0 Å². The first-order chi connectivity index (χ1) is 16.3. The van der Waals surface area contributed by atoms with Crippen LogP contribution in [0.2, 0.25) is 0 Å². The Bertz CT molecular complexity index is 1140. The van der Waals surface area contributed by atoms with E-state index in [1.54, 1.807) is 12.1 Å². The topological polar surface area (TPSA) is 47.4 Å². The Morgan fingerprint density at radius 1 is 1.15 bits per heavy atom. The SMILES string of the molecule is COc1cc(-c2nc(-c3ccc(CCN4CC(F)C4)cc3)cn2CC(=O)CC(C)C)ccc1F. The average Bonchev–Trinajstić information content (AvgIpc) is 3.19. The van der Waals surface area contributed by atoms with E-state index in [9.17, 15) is 13.6 Å². The molecule has 5 nitrogen and oxygen atoms in total. The van der Waals surface area contributed by atoms with Gasteiger partial charge in [-0.1, -0.05) is 38.1 Å². The molecule has 0 atom stereocenters. The summed E-state index contributed by atoms with van der Waals surface area (Å²) in [6, 6.07) is 12.8. The van der Waals surface area contributed by atoms with Gasteiger partial charge in [0.05, 0.1) is 19.3 Å². The highest BCUT2D eigenvalue weighted by Gasteiger charge is 2.25. The lowest BCUT2D eigenvalue weighted by Gasteiger charge is -2.34. The number of benzene rings is 2. The Kier molecular flexibility index (Phi) is 7.41. The smallest absolute Gasteiger partial charge is 0.165 e. The predicted molar refractivity (Wildman–Crippen MR) is 129 cm³/mol. The molecule has 0 amide bonds. The number of methoxy groups -OCH3 is 1. The molecule has 1 aliphatic heterocycles. The Labute approximate surface area is 199 Å². The van der Waals surface area contributed by atoms with E-state index >= 15 is 0 Å². The number of hydrogen-bond acceptors (Lipinski definition) is 4. The monoisotopic (exact) mass is 467 g/mol. The van der Waals surface area contributed by atoms with Gasteiger partial charge in [0.1, 0.15) is 12.0 Å². The number of imidazole rings is 1. The fraction of sp³-hybridized carbons (Fsp3) is 0.407. The van der Waals surface area contributed by atoms with E-state index in [1.807, 2.05) is 36.7 Å². The van der Waals surface area contributed by atoms with Crippen LogP contribution in [0.1, 0.15) is 25.8 Å². The zero-order valence-corrected chi connectivity index (χ0v) is 19.9. The van der Waals surface area contributed by atoms with E-state index in [1.165, 1.54) is 18.7 Å². The summed E-state index contributed by atoms with van der Waals surface area (Å²) in [5.41, 5.74) is 3.53. The van der Waals surface area contributed by atoms with Crippen LogP contribution in [0.15, 0.2) is 48.7 Å². The largest absolute Gasteiger partial charge is 0.494 e. The van der Waals surface area contributed by atoms with Gasteiger partial charge in [0.2, 0.25) is 0 Å². The third-order valence-corrected chi connectivity index (χ3v) is 6.05. The molecule has 180 valence electrons. The normalized spacial score (nSPS) is 14.4. The fourth-order valence-electron chi connectivity index (χ4n) is 4.23. The molecule has 1 saturated heterocycles. The maximum atomic E-state index is 14.0. The van der Waals surface area contributed by atoms with Crippen LogP contribution in [0.4, 0.5) is 8.78 Å². The number of alkyl halides is 1. The van der Waals surface area contributed by atoms with Crippen LogP contribution in [-0.4, -0.2) is 53.1 Å². The van der Waals surface area contributed by atoms with Crippen LogP contribution >= 0.6 is 0 Å². The highest BCUT2D eigenvalue weighted by atomic mass is 19.1. The van der Waals surface area contributed by atoms with Gasteiger partial charge in [0, 0.05) is 43.4 Å². The third-order valence-electron chi connectivity index (χ3n) is 6.05. The van der Waals surface area contributed by atoms with E-state index in [0.717, 1.165) is 24.2 Å². The number of ketones is 1. The van der Waals surface area contributed by atoms with Crippen molar-refractivity contribution in [2.24, 2.45) is 5.92 Å². The van der Waals surface area contributed by atoms with Crippen LogP contribution in [-0.2, 0) is 17.8 Å². The summed E-state index contributed by atoms with van der Waals surface area (Å²) in [5, 5.41) is 0. The molecular weight excluding hydrogens is 436 g/mol. The maximum absolute atomic E-state index is 14.0. The first kappa shape index (κ1) is 24.1. The van der Waals surface area contributed by atoms with Crippen molar-refractivity contribution >= 4 is 5.78 Å². The average molecular weight is 468 g/mol. The summed E-state index contributed by atoms with van der Waals surface area (Å²) in [6.07, 6.45) is 2.54. The van der Waals surface area contributed by atoms with Crippen molar-refractivity contribution in [1.29, 1.82) is 0 Å². The maximum Gasteiger partial charge on any atom is 0.165 e. The zero-order chi connectivity index (χ0) is 24.2. The third kappa shape index (κ3) is 5.70. The van der Waals surface area contributed by atoms with Gasteiger partial charge in [-0.25, -0.2) is 13.8 Å². The predicted octanol–water partition coefficient (Wildman–Crippen LogP) is 5.18. The van der Waals surface area contributed by atoms with Crippen molar-refractivity contribution in [2.75, 3.05) is 26.7 Å². The van der Waals surface area contributed by atoms with E-state index in [4.69, 9.17) is 9.72 Å². The Hall–Kier alpha value is -3.06. The second-order valence-corrected chi connectivity index (χ2v) is 9.37. The second-order valence-electron chi connectivity index (χ2n) is 9.37. The summed E-state index contributed by atoms with van der Waals surface area (Å²) in [5.74, 6) is 0.660. The summed E-state index contributed by atoms with van der Waals surface area (Å²) in [7, 11) is 1.42. The molecule has 0 spiro atoms. The molecule has 4 rings (SSSR count). The van der Waals surface area contributed by atoms with E-state index in [2.05, 4.69) is 17.0 Å². The van der Waals surface area contributed by atoms with Crippen molar-refractivity contribution in [1.82, 2.24) is 14.5 Å². The van der Waals surface area contributed by atoms with Crippen LogP contribution in [0.3, 0.4) is 0 Å². The number of likely N-dealkylation sites (tertiary alicyclic amines) is 1. The highest BCUT2D eigenvalue weighted by Crippen LogP contribution is 2.29. The van der Waals surface area contributed by atoms with Gasteiger partial charge in [0.15, 0.2) is 17.3 Å². The Morgan fingerprint density at radius 3 is 2.50 bits per heavy atom. The lowest BCUT2D eigenvalue weighted by Crippen LogP contribution is -2.48. The number of ether oxygens (including phenoxy) is 1. The molecule has 1 fully saturated rings. The van der Waals surface area contributed by atoms with Crippen LogP contribution in [0.25, 0.3) is 22.6 Å². The molecular formula is C27H31F2N3O2. The molecule has 1 aliphatic rings. The number of carbonyl (C=O) groups excluding carboxylic acids is 1. The van der Waals surface area contributed by atoms with Crippen LogP contribution < -0.4 is 4.74 Å². The van der Waals surface area contributed by atoms with Crippen LogP contribution in [0.5, 0.6) is 5.75 Å². The molecule has 0 radical (unpaired) electrons. The molecule has 0 bridgehead atoms. The van der Waals surface area contributed by atoms with Gasteiger partial charge in [-0.05, 0) is 36.1 Å². The number of rotatable bonds is 10. The quantitative estimate of drug-likeness (QED) is 0.412. The first-order valence-electron chi connectivity index (χ1n) is 11.7. The minimum atomic E-state index is -0.680. The zero-order valence-electron chi connectivity index (χ0n) is 19.9. The Balaban J connectivity index is 1.58. The summed E-state index contributed by atoms with van der Waals surface area (Å²) < 4.78 is 33.9. The van der Waals surface area contributed by atoms with Gasteiger partial charge in [0.25, 0.3) is 0 Å². The van der Waals surface area contributed by atoms with Crippen LogP contribution in [0, 0.1) is 11.7 Å². The van der Waals surface area contributed by atoms with Crippen molar-refractivity contribution in [3.8, 4) is 28.4 Å². The molecule has 0 aliphatic carbocycles. The molecule has 0 saturated carbocycles. The molecule has 2 aromatic carbocycles. The molecule has 3 aromatic rings. The van der Waals surface area contributed by atoms with Crippen molar-refractivity contribution in [3.05, 3.63) is 60.0 Å². The summed E-state index contributed by atoms with van der Waals surface area (Å²) >= 11 is 0. The van der Waals surface area contributed by atoms with Gasteiger partial charge >= 0.3 is 0 Å². The molecule has 0 unspecified atom stereocenters. The number of Topliss-reactive ketones (excluding diaryl/α,β-unsaturated/α-hetero) is 1. The number of aromatic nitrogens is 2. The van der Waals surface area contributed by atoms with E-state index in [0.29, 0.717) is 30.9 Å². The van der Waals surface area contributed by atoms with Crippen molar-refractivity contribution in [2.45, 2.75) is 39.4 Å².